The highest BCUT2D eigenvalue weighted by Gasteiger charge is 2.49. The fourth-order valence-electron chi connectivity index (χ4n) is 3.45. The molecule has 0 saturated heterocycles. The Morgan fingerprint density at radius 2 is 1.68 bits per heavy atom. The van der Waals surface area contributed by atoms with Crippen LogP contribution in [-0.4, -0.2) is 23.5 Å². The molecule has 2 bridgehead atoms. The Morgan fingerprint density at radius 3 is 2.11 bits per heavy atom. The van der Waals surface area contributed by atoms with Crippen LogP contribution < -0.4 is 5.32 Å². The first kappa shape index (κ1) is 14.4. The lowest BCUT2D eigenvalue weighted by Crippen LogP contribution is -2.57. The number of aldehydes is 1. The zero-order valence-corrected chi connectivity index (χ0v) is 12.3. The van der Waals surface area contributed by atoms with Crippen LogP contribution in [0.4, 0.5) is 4.79 Å². The van der Waals surface area contributed by atoms with Crippen LogP contribution in [0.25, 0.3) is 0 Å². The highest BCUT2D eigenvalue weighted by atomic mass is 16.6. The Labute approximate surface area is 115 Å². The van der Waals surface area contributed by atoms with Crippen LogP contribution in [-0.2, 0) is 9.53 Å². The molecule has 108 valence electrons. The second kappa shape index (κ2) is 4.80. The van der Waals surface area contributed by atoms with Gasteiger partial charge in [-0.05, 0) is 64.7 Å². The third-order valence-corrected chi connectivity index (χ3v) is 4.68. The largest absolute Gasteiger partial charge is 0.444 e. The minimum absolute atomic E-state index is 0.0903. The van der Waals surface area contributed by atoms with Gasteiger partial charge in [-0.1, -0.05) is 0 Å². The summed E-state index contributed by atoms with van der Waals surface area (Å²) >= 11 is 0. The summed E-state index contributed by atoms with van der Waals surface area (Å²) in [6.45, 7) is 5.63. The number of rotatable bonds is 3. The smallest absolute Gasteiger partial charge is 0.408 e. The third-order valence-electron chi connectivity index (χ3n) is 4.68. The summed E-state index contributed by atoms with van der Waals surface area (Å²) in [5.74, 6) is 0. The van der Waals surface area contributed by atoms with Crippen molar-refractivity contribution in [2.45, 2.75) is 76.9 Å². The molecule has 3 saturated carbocycles. The van der Waals surface area contributed by atoms with Gasteiger partial charge >= 0.3 is 6.09 Å². The van der Waals surface area contributed by atoms with E-state index >= 15 is 0 Å². The molecule has 3 aliphatic carbocycles. The van der Waals surface area contributed by atoms with Gasteiger partial charge in [-0.15, -0.1) is 0 Å². The summed E-state index contributed by atoms with van der Waals surface area (Å²) in [5, 5.41) is 3.09. The summed E-state index contributed by atoms with van der Waals surface area (Å²) in [7, 11) is 0. The van der Waals surface area contributed by atoms with Crippen molar-refractivity contribution in [1.82, 2.24) is 5.32 Å². The van der Waals surface area contributed by atoms with E-state index in [2.05, 4.69) is 5.32 Å². The van der Waals surface area contributed by atoms with Crippen molar-refractivity contribution < 1.29 is 14.3 Å². The molecule has 0 spiro atoms. The molecule has 0 unspecified atom stereocenters. The Balaban J connectivity index is 1.93. The Bertz CT molecular complexity index is 346. The standard InChI is InChI=1S/C15H25NO3/c1-13(2,3)19-12(18)16-15-7-4-14(5-8-15,6-9-15)10-11-17/h11H,4-10H2,1-3H3,(H,16,18). The number of carbonyl (C=O) groups excluding carboxylic acids is 2. The number of carbonyl (C=O) groups is 2. The molecule has 0 aromatic carbocycles. The predicted molar refractivity (Wildman–Crippen MR) is 72.9 cm³/mol. The second-order valence-electron chi connectivity index (χ2n) is 7.28. The van der Waals surface area contributed by atoms with E-state index in [4.69, 9.17) is 4.74 Å². The lowest BCUT2D eigenvalue weighted by Gasteiger charge is -2.53. The highest BCUT2D eigenvalue weighted by Crippen LogP contribution is 2.53. The van der Waals surface area contributed by atoms with Crippen molar-refractivity contribution in [3.63, 3.8) is 0 Å². The van der Waals surface area contributed by atoms with E-state index in [-0.39, 0.29) is 17.0 Å². The van der Waals surface area contributed by atoms with Gasteiger partial charge in [-0.25, -0.2) is 4.79 Å². The zero-order chi connectivity index (χ0) is 14.1. The zero-order valence-electron chi connectivity index (χ0n) is 12.3. The van der Waals surface area contributed by atoms with Crippen molar-refractivity contribution in [1.29, 1.82) is 0 Å². The minimum atomic E-state index is -0.453. The SMILES string of the molecule is CC(C)(C)OC(=O)NC12CCC(CC=O)(CC1)CC2. The second-order valence-corrected chi connectivity index (χ2v) is 7.28. The molecule has 0 radical (unpaired) electrons. The molecule has 0 heterocycles. The van der Waals surface area contributed by atoms with Crippen LogP contribution >= 0.6 is 0 Å². The summed E-state index contributed by atoms with van der Waals surface area (Å²) in [4.78, 5) is 22.7. The van der Waals surface area contributed by atoms with Gasteiger partial charge < -0.3 is 14.8 Å². The van der Waals surface area contributed by atoms with E-state index in [1.54, 1.807) is 0 Å². The van der Waals surface area contributed by atoms with Crippen molar-refractivity contribution >= 4 is 12.4 Å². The number of alkyl carbamates (subject to hydrolysis) is 1. The molecule has 3 aliphatic rings. The molecule has 0 atom stereocenters. The number of fused-ring (bicyclic) bond motifs is 3. The average molecular weight is 267 g/mol. The van der Waals surface area contributed by atoms with E-state index in [9.17, 15) is 9.59 Å². The van der Waals surface area contributed by atoms with Crippen LogP contribution in [0.2, 0.25) is 0 Å². The first-order chi connectivity index (χ1) is 8.78. The van der Waals surface area contributed by atoms with E-state index in [1.165, 1.54) is 0 Å². The molecule has 1 N–H and O–H groups in total. The van der Waals surface area contributed by atoms with Gasteiger partial charge in [0.15, 0.2) is 0 Å². The molecule has 0 aromatic rings. The van der Waals surface area contributed by atoms with E-state index < -0.39 is 5.60 Å². The van der Waals surface area contributed by atoms with Crippen LogP contribution in [0.1, 0.15) is 65.7 Å². The maximum absolute atomic E-state index is 11.9. The molecule has 4 heteroatoms. The molecular formula is C15H25NO3. The van der Waals surface area contributed by atoms with Crippen LogP contribution in [0, 0.1) is 5.41 Å². The maximum Gasteiger partial charge on any atom is 0.408 e. The Morgan fingerprint density at radius 1 is 1.16 bits per heavy atom. The molecule has 0 aromatic heterocycles. The van der Waals surface area contributed by atoms with Gasteiger partial charge in [0.2, 0.25) is 0 Å². The fraction of sp³-hybridized carbons (Fsp3) is 0.867. The molecular weight excluding hydrogens is 242 g/mol. The van der Waals surface area contributed by atoms with E-state index in [1.807, 2.05) is 20.8 Å². The topological polar surface area (TPSA) is 55.4 Å². The first-order valence-corrected chi connectivity index (χ1v) is 7.23. The number of hydrogen-bond donors (Lipinski definition) is 1. The lowest BCUT2D eigenvalue weighted by atomic mass is 9.56. The van der Waals surface area contributed by atoms with Crippen LogP contribution in [0.3, 0.4) is 0 Å². The molecule has 1 amide bonds. The first-order valence-electron chi connectivity index (χ1n) is 7.23. The van der Waals surface area contributed by atoms with Gasteiger partial charge in [0.05, 0.1) is 0 Å². The minimum Gasteiger partial charge on any atom is -0.444 e. The Kier molecular flexibility index (Phi) is 3.63. The van der Waals surface area contributed by atoms with Crippen LogP contribution in [0.5, 0.6) is 0 Å². The molecule has 3 fully saturated rings. The summed E-state index contributed by atoms with van der Waals surface area (Å²) in [5.41, 5.74) is -0.322. The summed E-state index contributed by atoms with van der Waals surface area (Å²) in [6.07, 6.45) is 7.47. The van der Waals surface area contributed by atoms with Crippen LogP contribution in [0.15, 0.2) is 0 Å². The monoisotopic (exact) mass is 267 g/mol. The van der Waals surface area contributed by atoms with Crippen molar-refractivity contribution in [2.24, 2.45) is 5.41 Å². The van der Waals surface area contributed by atoms with Crippen molar-refractivity contribution in [2.75, 3.05) is 0 Å². The highest BCUT2D eigenvalue weighted by molar-refractivity contribution is 5.69. The van der Waals surface area contributed by atoms with E-state index in [0.717, 1.165) is 44.8 Å². The number of hydrogen-bond acceptors (Lipinski definition) is 3. The van der Waals surface area contributed by atoms with E-state index in [0.29, 0.717) is 6.42 Å². The number of nitrogens with one attached hydrogen (secondary N) is 1. The predicted octanol–water partition coefficient (Wildman–Crippen LogP) is 3.19. The average Bonchev–Trinajstić information content (AvgIpc) is 2.29. The van der Waals surface area contributed by atoms with Gasteiger partial charge in [0.1, 0.15) is 11.9 Å². The molecule has 3 rings (SSSR count). The summed E-state index contributed by atoms with van der Waals surface area (Å²) in [6, 6.07) is 0. The lowest BCUT2D eigenvalue weighted by molar-refractivity contribution is -0.112. The number of amides is 1. The maximum atomic E-state index is 11.9. The normalized spacial score (nSPS) is 33.8. The molecule has 0 aliphatic heterocycles. The fourth-order valence-corrected chi connectivity index (χ4v) is 3.45. The van der Waals surface area contributed by atoms with Crippen molar-refractivity contribution in [3.05, 3.63) is 0 Å². The third kappa shape index (κ3) is 3.28. The van der Waals surface area contributed by atoms with Crippen molar-refractivity contribution in [3.8, 4) is 0 Å². The van der Waals surface area contributed by atoms with Gasteiger partial charge in [0, 0.05) is 12.0 Å². The molecule has 19 heavy (non-hydrogen) atoms. The Hall–Kier alpha value is -1.06. The van der Waals surface area contributed by atoms with Gasteiger partial charge in [-0.2, -0.15) is 0 Å². The number of ether oxygens (including phenoxy) is 1. The van der Waals surface area contributed by atoms with Gasteiger partial charge in [-0.3, -0.25) is 0 Å². The van der Waals surface area contributed by atoms with Gasteiger partial charge in [0.25, 0.3) is 0 Å². The summed E-state index contributed by atoms with van der Waals surface area (Å²) < 4.78 is 5.35. The molecule has 4 nitrogen and oxygen atoms in total. The quantitative estimate of drug-likeness (QED) is 0.799.